The van der Waals surface area contributed by atoms with Crippen LogP contribution in [-0.4, -0.2) is 47.8 Å². The smallest absolute Gasteiger partial charge is 0.327 e. The van der Waals surface area contributed by atoms with Gasteiger partial charge >= 0.3 is 6.03 Å². The van der Waals surface area contributed by atoms with Crippen molar-refractivity contribution in [1.82, 2.24) is 15.1 Å². The normalized spacial score (nSPS) is 20.0. The Hall–Kier alpha value is -2.37. The second-order valence-corrected chi connectivity index (χ2v) is 5.97. The largest absolute Gasteiger partial charge is 0.345 e. The summed E-state index contributed by atoms with van der Waals surface area (Å²) in [6, 6.07) is 9.42. The molecule has 6 nitrogen and oxygen atoms in total. The molecule has 0 aromatic heterocycles. The molecule has 1 N–H and O–H groups in total. The van der Waals surface area contributed by atoms with E-state index in [2.05, 4.69) is 5.32 Å². The minimum absolute atomic E-state index is 0.0376. The lowest BCUT2D eigenvalue weighted by Crippen LogP contribution is -2.53. The van der Waals surface area contributed by atoms with Crippen molar-refractivity contribution >= 4 is 17.8 Å². The number of carbonyl (C=O) groups excluding carboxylic acids is 3. The molecule has 2 fully saturated rings. The number of carbonyl (C=O) groups is 3. The van der Waals surface area contributed by atoms with Crippen LogP contribution >= 0.6 is 0 Å². The third kappa shape index (κ3) is 2.45. The summed E-state index contributed by atoms with van der Waals surface area (Å²) >= 11 is 0. The molecule has 0 atom stereocenters. The molecule has 6 heteroatoms. The first-order valence-electron chi connectivity index (χ1n) is 7.44. The summed E-state index contributed by atoms with van der Waals surface area (Å²) in [5.41, 5.74) is 0.724. The van der Waals surface area contributed by atoms with E-state index in [9.17, 15) is 14.4 Å². The summed E-state index contributed by atoms with van der Waals surface area (Å²) in [6.45, 7) is -0.174. The summed E-state index contributed by atoms with van der Waals surface area (Å²) in [5, 5.41) is 3.03. The van der Waals surface area contributed by atoms with Crippen LogP contribution in [0.1, 0.15) is 24.8 Å². The highest BCUT2D eigenvalue weighted by atomic mass is 16.2. The number of nitrogens with zero attached hydrogens (tertiary/aromatic N) is 2. The summed E-state index contributed by atoms with van der Waals surface area (Å²) in [6.07, 6.45) is 2.81. The van der Waals surface area contributed by atoms with Gasteiger partial charge in [-0.3, -0.25) is 14.5 Å². The molecular formula is C16H19N3O3. The number of imide groups is 1. The Morgan fingerprint density at radius 1 is 1.23 bits per heavy atom. The van der Waals surface area contributed by atoms with Crippen LogP contribution in [-0.2, 0) is 15.1 Å². The minimum Gasteiger partial charge on any atom is -0.345 e. The number of benzene rings is 1. The molecule has 1 heterocycles. The summed E-state index contributed by atoms with van der Waals surface area (Å²) in [7, 11) is 1.55. The zero-order valence-corrected chi connectivity index (χ0v) is 12.5. The van der Waals surface area contributed by atoms with Gasteiger partial charge in [0.05, 0.1) is 5.54 Å². The van der Waals surface area contributed by atoms with Crippen LogP contribution in [0.25, 0.3) is 0 Å². The van der Waals surface area contributed by atoms with Crippen LogP contribution < -0.4 is 5.32 Å². The van der Waals surface area contributed by atoms with Crippen LogP contribution in [0.5, 0.6) is 0 Å². The van der Waals surface area contributed by atoms with Gasteiger partial charge in [-0.2, -0.15) is 0 Å². The molecular weight excluding hydrogens is 282 g/mol. The van der Waals surface area contributed by atoms with Crippen LogP contribution in [0.4, 0.5) is 4.79 Å². The standard InChI is InChI=1S/C16H19N3O3/c1-18-11-14(21)19(15(18)22)10-13(20)17-16(8-5-9-16)12-6-3-2-4-7-12/h2-4,6-7H,5,8-11H2,1H3,(H,17,20). The van der Waals surface area contributed by atoms with E-state index in [0.717, 1.165) is 29.7 Å². The molecule has 3 rings (SSSR count). The SMILES string of the molecule is CN1CC(=O)N(CC(=O)NC2(c3ccccc3)CCC2)C1=O. The van der Waals surface area contributed by atoms with Crippen LogP contribution in [0.15, 0.2) is 30.3 Å². The maximum absolute atomic E-state index is 12.3. The molecule has 4 amide bonds. The van der Waals surface area contributed by atoms with Gasteiger partial charge in [0.15, 0.2) is 0 Å². The highest BCUT2D eigenvalue weighted by molar-refractivity contribution is 6.04. The number of urea groups is 1. The molecule has 1 aliphatic heterocycles. The molecule has 2 aliphatic rings. The van der Waals surface area contributed by atoms with E-state index in [4.69, 9.17) is 0 Å². The lowest BCUT2D eigenvalue weighted by atomic mass is 9.72. The van der Waals surface area contributed by atoms with E-state index in [1.165, 1.54) is 4.90 Å². The number of nitrogens with one attached hydrogen (secondary N) is 1. The molecule has 22 heavy (non-hydrogen) atoms. The Labute approximate surface area is 129 Å². The van der Waals surface area contributed by atoms with Gasteiger partial charge in [-0.25, -0.2) is 4.79 Å². The average Bonchev–Trinajstić information content (AvgIpc) is 2.70. The molecule has 1 saturated carbocycles. The van der Waals surface area contributed by atoms with E-state index in [1.807, 2.05) is 30.3 Å². The fourth-order valence-electron chi connectivity index (χ4n) is 3.05. The first kappa shape index (κ1) is 14.6. The number of hydrogen-bond acceptors (Lipinski definition) is 3. The molecule has 0 radical (unpaired) electrons. The van der Waals surface area contributed by atoms with Crippen molar-refractivity contribution in [2.24, 2.45) is 0 Å². The maximum Gasteiger partial charge on any atom is 0.327 e. The van der Waals surface area contributed by atoms with Crippen molar-refractivity contribution in [1.29, 1.82) is 0 Å². The van der Waals surface area contributed by atoms with Gasteiger partial charge in [0.1, 0.15) is 13.1 Å². The predicted molar refractivity (Wildman–Crippen MR) is 79.9 cm³/mol. The topological polar surface area (TPSA) is 69.7 Å². The zero-order chi connectivity index (χ0) is 15.7. The Kier molecular flexibility index (Phi) is 3.60. The third-order valence-corrected chi connectivity index (χ3v) is 4.44. The molecule has 1 aromatic carbocycles. The van der Waals surface area contributed by atoms with E-state index < -0.39 is 6.03 Å². The molecule has 1 aromatic rings. The lowest BCUT2D eigenvalue weighted by Gasteiger charge is -2.43. The Bertz CT molecular complexity index is 610. The highest BCUT2D eigenvalue weighted by Gasteiger charge is 2.41. The van der Waals surface area contributed by atoms with Crippen molar-refractivity contribution in [3.05, 3.63) is 35.9 Å². The van der Waals surface area contributed by atoms with E-state index >= 15 is 0 Å². The van der Waals surface area contributed by atoms with Crippen LogP contribution in [0.3, 0.4) is 0 Å². The second kappa shape index (κ2) is 5.44. The predicted octanol–water partition coefficient (Wildman–Crippen LogP) is 1.08. The van der Waals surface area contributed by atoms with Gasteiger partial charge in [-0.05, 0) is 24.8 Å². The Morgan fingerprint density at radius 3 is 2.41 bits per heavy atom. The molecule has 0 unspecified atom stereocenters. The molecule has 0 spiro atoms. The number of rotatable bonds is 4. The van der Waals surface area contributed by atoms with Crippen LogP contribution in [0, 0.1) is 0 Å². The van der Waals surface area contributed by atoms with E-state index in [0.29, 0.717) is 0 Å². The molecule has 0 bridgehead atoms. The van der Waals surface area contributed by atoms with Crippen LogP contribution in [0.2, 0.25) is 0 Å². The minimum atomic E-state index is -0.414. The Balaban J connectivity index is 1.69. The molecule has 1 saturated heterocycles. The number of hydrogen-bond donors (Lipinski definition) is 1. The monoisotopic (exact) mass is 301 g/mol. The third-order valence-electron chi connectivity index (χ3n) is 4.44. The lowest BCUT2D eigenvalue weighted by molar-refractivity contribution is -0.132. The summed E-state index contributed by atoms with van der Waals surface area (Å²) < 4.78 is 0. The summed E-state index contributed by atoms with van der Waals surface area (Å²) in [4.78, 5) is 38.2. The van der Waals surface area contributed by atoms with E-state index in [1.54, 1.807) is 7.05 Å². The fourth-order valence-corrected chi connectivity index (χ4v) is 3.05. The maximum atomic E-state index is 12.3. The van der Waals surface area contributed by atoms with Crippen molar-refractivity contribution < 1.29 is 14.4 Å². The zero-order valence-electron chi connectivity index (χ0n) is 12.5. The van der Waals surface area contributed by atoms with E-state index in [-0.39, 0.29) is 30.4 Å². The first-order valence-corrected chi connectivity index (χ1v) is 7.44. The highest BCUT2D eigenvalue weighted by Crippen LogP contribution is 2.41. The van der Waals surface area contributed by atoms with Crippen molar-refractivity contribution in [2.45, 2.75) is 24.8 Å². The van der Waals surface area contributed by atoms with Crippen molar-refractivity contribution in [3.8, 4) is 0 Å². The van der Waals surface area contributed by atoms with Crippen molar-refractivity contribution in [3.63, 3.8) is 0 Å². The second-order valence-electron chi connectivity index (χ2n) is 5.97. The molecule has 1 aliphatic carbocycles. The van der Waals surface area contributed by atoms with Gasteiger partial charge in [0.25, 0.3) is 5.91 Å². The van der Waals surface area contributed by atoms with Gasteiger partial charge in [0.2, 0.25) is 5.91 Å². The van der Waals surface area contributed by atoms with Gasteiger partial charge < -0.3 is 10.2 Å². The number of likely N-dealkylation sites (N-methyl/N-ethyl adjacent to an activating group) is 1. The van der Waals surface area contributed by atoms with Gasteiger partial charge in [0, 0.05) is 7.05 Å². The quantitative estimate of drug-likeness (QED) is 0.846. The van der Waals surface area contributed by atoms with Gasteiger partial charge in [-0.15, -0.1) is 0 Å². The van der Waals surface area contributed by atoms with Crippen molar-refractivity contribution in [2.75, 3.05) is 20.1 Å². The van der Waals surface area contributed by atoms with Gasteiger partial charge in [-0.1, -0.05) is 30.3 Å². The summed E-state index contributed by atoms with van der Waals surface area (Å²) in [5.74, 6) is -0.620. The Morgan fingerprint density at radius 2 is 1.91 bits per heavy atom. The first-order chi connectivity index (χ1) is 10.5. The molecule has 116 valence electrons. The fraction of sp³-hybridized carbons (Fsp3) is 0.438. The number of amides is 4. The average molecular weight is 301 g/mol.